The van der Waals surface area contributed by atoms with Crippen LogP contribution in [0.3, 0.4) is 0 Å². The quantitative estimate of drug-likeness (QED) is 0.478. The van der Waals surface area contributed by atoms with E-state index in [0.29, 0.717) is 54.5 Å². The van der Waals surface area contributed by atoms with Crippen molar-refractivity contribution in [1.82, 2.24) is 28.8 Å². The van der Waals surface area contributed by atoms with Gasteiger partial charge >= 0.3 is 0 Å². The van der Waals surface area contributed by atoms with Crippen LogP contribution >= 0.6 is 0 Å². The molecule has 12 heteroatoms. The van der Waals surface area contributed by atoms with Crippen LogP contribution in [0.2, 0.25) is 0 Å². The molecule has 1 aliphatic rings. The van der Waals surface area contributed by atoms with Crippen LogP contribution < -0.4 is 10.3 Å². The predicted molar refractivity (Wildman–Crippen MR) is 126 cm³/mol. The summed E-state index contributed by atoms with van der Waals surface area (Å²) in [6.45, 7) is 7.33. The second-order valence-electron chi connectivity index (χ2n) is 8.18. The zero-order valence-corrected chi connectivity index (χ0v) is 20.4. The van der Waals surface area contributed by atoms with Gasteiger partial charge in [-0.3, -0.25) is 9.69 Å². The molecule has 34 heavy (non-hydrogen) atoms. The summed E-state index contributed by atoms with van der Waals surface area (Å²) in [6.07, 6.45) is 1.49. The first-order chi connectivity index (χ1) is 16.3. The maximum atomic E-state index is 13.4. The summed E-state index contributed by atoms with van der Waals surface area (Å²) in [4.78, 5) is 22.1. The fourth-order valence-corrected chi connectivity index (χ4v) is 5.59. The third kappa shape index (κ3) is 4.45. The molecular formula is C22H30N6O5S. The molecule has 1 fully saturated rings. The van der Waals surface area contributed by atoms with Crippen molar-refractivity contribution in [1.29, 1.82) is 0 Å². The smallest absolute Gasteiger partial charge is 0.277 e. The number of sulfonamides is 1. The van der Waals surface area contributed by atoms with E-state index in [9.17, 15) is 18.3 Å². The average molecular weight is 491 g/mol. The molecule has 0 amide bonds. The minimum Gasteiger partial charge on any atom is -0.493 e. The topological polar surface area (TPSA) is 133 Å². The number of H-pyrrole nitrogens is 1. The summed E-state index contributed by atoms with van der Waals surface area (Å²) >= 11 is 0. The number of hydrogen-bond acceptors (Lipinski definition) is 8. The highest BCUT2D eigenvalue weighted by atomic mass is 32.2. The number of aromatic nitrogens is 4. The molecule has 3 heterocycles. The maximum Gasteiger partial charge on any atom is 0.277 e. The molecule has 0 radical (unpaired) electrons. The molecule has 2 N–H and O–H groups in total. The highest BCUT2D eigenvalue weighted by Gasteiger charge is 2.29. The van der Waals surface area contributed by atoms with Gasteiger partial charge in [0.25, 0.3) is 5.56 Å². The summed E-state index contributed by atoms with van der Waals surface area (Å²) in [5, 5.41) is 13.9. The van der Waals surface area contributed by atoms with Gasteiger partial charge in [0.05, 0.1) is 29.5 Å². The Balaban J connectivity index is 1.82. The SMILES string of the molecule is CCCc1nc(C)c2c(=O)[nH]c(-c3cc(S(=O)(=O)N4CCN(CO)CC4)ccc3OCC)nn12. The van der Waals surface area contributed by atoms with Crippen molar-refractivity contribution in [3.63, 3.8) is 0 Å². The van der Waals surface area contributed by atoms with E-state index < -0.39 is 10.0 Å². The Bertz CT molecular complexity index is 1340. The van der Waals surface area contributed by atoms with E-state index in [2.05, 4.69) is 15.1 Å². The fraction of sp³-hybridized carbons (Fsp3) is 0.500. The standard InChI is InChI=1S/C22H30N6O5S/c1-4-6-19-23-15(3)20-22(30)24-21(25-28(19)20)17-13-16(7-8-18(17)33-5-2)34(31,32)27-11-9-26(14-29)10-12-27/h7-8,13,29H,4-6,9-12,14H2,1-3H3,(H,24,25,30). The Hall–Kier alpha value is -2.80. The number of benzene rings is 1. The molecule has 184 valence electrons. The number of aryl methyl sites for hydroxylation is 2. The number of aromatic amines is 1. The minimum absolute atomic E-state index is 0.0849. The van der Waals surface area contributed by atoms with E-state index in [1.165, 1.54) is 21.0 Å². The first-order valence-electron chi connectivity index (χ1n) is 11.4. The normalized spacial score (nSPS) is 15.8. The molecule has 1 saturated heterocycles. The van der Waals surface area contributed by atoms with Crippen molar-refractivity contribution in [3.05, 3.63) is 40.1 Å². The lowest BCUT2D eigenvalue weighted by molar-refractivity contribution is 0.0769. The monoisotopic (exact) mass is 490 g/mol. The largest absolute Gasteiger partial charge is 0.493 e. The number of nitrogens with zero attached hydrogens (tertiary/aromatic N) is 5. The number of rotatable bonds is 8. The van der Waals surface area contributed by atoms with Gasteiger partial charge in [-0.05, 0) is 38.5 Å². The van der Waals surface area contributed by atoms with Crippen LogP contribution in [0.4, 0.5) is 0 Å². The van der Waals surface area contributed by atoms with Gasteiger partial charge in [0, 0.05) is 32.6 Å². The zero-order chi connectivity index (χ0) is 24.5. The molecule has 11 nitrogen and oxygen atoms in total. The van der Waals surface area contributed by atoms with Gasteiger partial charge in [0.15, 0.2) is 11.3 Å². The van der Waals surface area contributed by atoms with Crippen LogP contribution in [-0.2, 0) is 16.4 Å². The third-order valence-electron chi connectivity index (χ3n) is 5.89. The van der Waals surface area contributed by atoms with Crippen molar-refractivity contribution < 1.29 is 18.3 Å². The second kappa shape index (κ2) is 9.82. The van der Waals surface area contributed by atoms with Crippen LogP contribution in [0, 0.1) is 6.92 Å². The van der Waals surface area contributed by atoms with Gasteiger partial charge in [-0.1, -0.05) is 6.92 Å². The van der Waals surface area contributed by atoms with E-state index in [-0.39, 0.29) is 36.1 Å². The molecule has 0 bridgehead atoms. The van der Waals surface area contributed by atoms with E-state index >= 15 is 0 Å². The number of imidazole rings is 1. The summed E-state index contributed by atoms with van der Waals surface area (Å²) in [7, 11) is -3.79. The van der Waals surface area contributed by atoms with Crippen molar-refractivity contribution in [2.24, 2.45) is 0 Å². The minimum atomic E-state index is -3.79. The number of fused-ring (bicyclic) bond motifs is 1. The summed E-state index contributed by atoms with van der Waals surface area (Å²) in [6, 6.07) is 4.58. The number of aliphatic hydroxyl groups is 1. The molecular weight excluding hydrogens is 460 g/mol. The Morgan fingerprint density at radius 2 is 1.91 bits per heavy atom. The van der Waals surface area contributed by atoms with Gasteiger partial charge in [0.2, 0.25) is 10.0 Å². The van der Waals surface area contributed by atoms with Gasteiger partial charge in [-0.25, -0.2) is 17.9 Å². The number of piperazine rings is 1. The molecule has 1 aliphatic heterocycles. The zero-order valence-electron chi connectivity index (χ0n) is 19.6. The number of ether oxygens (including phenoxy) is 1. The predicted octanol–water partition coefficient (Wildman–Crippen LogP) is 1.00. The highest BCUT2D eigenvalue weighted by molar-refractivity contribution is 7.89. The Morgan fingerprint density at radius 1 is 1.18 bits per heavy atom. The van der Waals surface area contributed by atoms with E-state index in [4.69, 9.17) is 4.74 Å². The van der Waals surface area contributed by atoms with E-state index in [1.807, 2.05) is 13.8 Å². The average Bonchev–Trinajstić information content (AvgIpc) is 3.15. The lowest BCUT2D eigenvalue weighted by Gasteiger charge is -2.32. The van der Waals surface area contributed by atoms with Gasteiger partial charge in [-0.2, -0.15) is 4.31 Å². The molecule has 0 aliphatic carbocycles. The fourth-order valence-electron chi connectivity index (χ4n) is 4.14. The first-order valence-corrected chi connectivity index (χ1v) is 12.8. The molecule has 1 aromatic carbocycles. The van der Waals surface area contributed by atoms with Crippen LogP contribution in [0.1, 0.15) is 31.8 Å². The Morgan fingerprint density at radius 3 is 2.56 bits per heavy atom. The van der Waals surface area contributed by atoms with Crippen LogP contribution in [0.15, 0.2) is 27.9 Å². The molecule has 0 atom stereocenters. The third-order valence-corrected chi connectivity index (χ3v) is 7.79. The molecule has 0 unspecified atom stereocenters. The summed E-state index contributed by atoms with van der Waals surface area (Å²) in [5.74, 6) is 1.30. The van der Waals surface area contributed by atoms with E-state index in [0.717, 1.165) is 6.42 Å². The van der Waals surface area contributed by atoms with Crippen LogP contribution in [0.5, 0.6) is 5.75 Å². The number of hydrogen-bond donors (Lipinski definition) is 2. The van der Waals surface area contributed by atoms with Crippen LogP contribution in [0.25, 0.3) is 16.9 Å². The Labute approximate surface area is 198 Å². The van der Waals surface area contributed by atoms with Crippen molar-refractivity contribution in [2.75, 3.05) is 39.5 Å². The van der Waals surface area contributed by atoms with Crippen molar-refractivity contribution >= 4 is 15.5 Å². The molecule has 0 saturated carbocycles. The molecule has 0 spiro atoms. The molecule has 2 aromatic heterocycles. The van der Waals surface area contributed by atoms with Gasteiger partial charge in [0.1, 0.15) is 11.6 Å². The summed E-state index contributed by atoms with van der Waals surface area (Å²) < 4.78 is 35.4. The Kier molecular flexibility index (Phi) is 7.03. The van der Waals surface area contributed by atoms with Crippen molar-refractivity contribution in [2.45, 2.75) is 38.5 Å². The van der Waals surface area contributed by atoms with E-state index in [1.54, 1.807) is 17.9 Å². The van der Waals surface area contributed by atoms with Crippen molar-refractivity contribution in [3.8, 4) is 17.1 Å². The van der Waals surface area contributed by atoms with Gasteiger partial charge < -0.3 is 14.8 Å². The maximum absolute atomic E-state index is 13.4. The summed E-state index contributed by atoms with van der Waals surface area (Å²) in [5.41, 5.74) is 0.987. The number of aliphatic hydroxyl groups excluding tert-OH is 1. The highest BCUT2D eigenvalue weighted by Crippen LogP contribution is 2.31. The molecule has 4 rings (SSSR count). The van der Waals surface area contributed by atoms with Gasteiger partial charge in [-0.15, -0.1) is 5.10 Å². The van der Waals surface area contributed by atoms with Crippen LogP contribution in [-0.4, -0.2) is 81.8 Å². The second-order valence-corrected chi connectivity index (χ2v) is 10.1. The first kappa shape index (κ1) is 24.3. The molecule has 3 aromatic rings. The lowest BCUT2D eigenvalue weighted by Crippen LogP contribution is -2.48. The number of nitrogens with one attached hydrogen (secondary N) is 1. The lowest BCUT2D eigenvalue weighted by atomic mass is 10.2.